The Hall–Kier alpha value is -1.17. The minimum atomic E-state index is 0.442. The SMILES string of the molecule is Cc1ccc(NCCN2CCOCC2)c(C(N)=S)c1. The molecule has 1 aromatic carbocycles. The molecule has 4 nitrogen and oxygen atoms in total. The van der Waals surface area contributed by atoms with Gasteiger partial charge in [-0.25, -0.2) is 0 Å². The van der Waals surface area contributed by atoms with Crippen LogP contribution < -0.4 is 11.1 Å². The Morgan fingerprint density at radius 1 is 1.42 bits per heavy atom. The van der Waals surface area contributed by atoms with Crippen molar-refractivity contribution in [1.82, 2.24) is 4.90 Å². The van der Waals surface area contributed by atoms with Crippen LogP contribution in [0.3, 0.4) is 0 Å². The van der Waals surface area contributed by atoms with E-state index >= 15 is 0 Å². The summed E-state index contributed by atoms with van der Waals surface area (Å²) in [5.41, 5.74) is 8.88. The first-order valence-electron chi connectivity index (χ1n) is 6.61. The number of hydrogen-bond acceptors (Lipinski definition) is 4. The molecule has 104 valence electrons. The van der Waals surface area contributed by atoms with E-state index in [1.807, 2.05) is 19.1 Å². The van der Waals surface area contributed by atoms with Crippen LogP contribution >= 0.6 is 12.2 Å². The monoisotopic (exact) mass is 279 g/mol. The molecule has 5 heteroatoms. The molecule has 0 spiro atoms. The number of rotatable bonds is 5. The smallest absolute Gasteiger partial charge is 0.106 e. The largest absolute Gasteiger partial charge is 0.389 e. The predicted molar refractivity (Wildman–Crippen MR) is 82.8 cm³/mol. The van der Waals surface area contributed by atoms with E-state index < -0.39 is 0 Å². The molecule has 1 aliphatic heterocycles. The topological polar surface area (TPSA) is 50.5 Å². The Morgan fingerprint density at radius 2 is 2.16 bits per heavy atom. The average molecular weight is 279 g/mol. The molecular formula is C14H21N3OS. The average Bonchev–Trinajstić information content (AvgIpc) is 2.41. The highest BCUT2D eigenvalue weighted by Gasteiger charge is 2.10. The second-order valence-electron chi connectivity index (χ2n) is 4.79. The van der Waals surface area contributed by atoms with Crippen LogP contribution in [0.5, 0.6) is 0 Å². The number of thiocarbonyl (C=S) groups is 1. The number of anilines is 1. The first-order chi connectivity index (χ1) is 9.16. The second-order valence-corrected chi connectivity index (χ2v) is 5.23. The fraction of sp³-hybridized carbons (Fsp3) is 0.500. The molecule has 0 aromatic heterocycles. The summed E-state index contributed by atoms with van der Waals surface area (Å²) in [7, 11) is 0. The Bertz CT molecular complexity index is 444. The van der Waals surface area contributed by atoms with Gasteiger partial charge in [-0.05, 0) is 19.1 Å². The maximum absolute atomic E-state index is 5.76. The lowest BCUT2D eigenvalue weighted by molar-refractivity contribution is 0.0398. The van der Waals surface area contributed by atoms with Crippen LogP contribution in [0, 0.1) is 6.92 Å². The number of nitrogens with two attached hydrogens (primary N) is 1. The molecular weight excluding hydrogens is 258 g/mol. The first kappa shape index (κ1) is 14.2. The minimum Gasteiger partial charge on any atom is -0.389 e. The normalized spacial score (nSPS) is 16.3. The van der Waals surface area contributed by atoms with Gasteiger partial charge >= 0.3 is 0 Å². The molecule has 2 rings (SSSR count). The molecule has 0 bridgehead atoms. The summed E-state index contributed by atoms with van der Waals surface area (Å²) < 4.78 is 5.33. The maximum Gasteiger partial charge on any atom is 0.106 e. The molecule has 19 heavy (non-hydrogen) atoms. The number of benzene rings is 1. The molecule has 0 atom stereocenters. The molecule has 0 amide bonds. The first-order valence-corrected chi connectivity index (χ1v) is 7.02. The second kappa shape index (κ2) is 6.84. The van der Waals surface area contributed by atoms with E-state index in [4.69, 9.17) is 22.7 Å². The number of hydrogen-bond donors (Lipinski definition) is 2. The molecule has 1 saturated heterocycles. The van der Waals surface area contributed by atoms with Crippen molar-refractivity contribution in [2.45, 2.75) is 6.92 Å². The highest BCUT2D eigenvalue weighted by atomic mass is 32.1. The fourth-order valence-electron chi connectivity index (χ4n) is 2.19. The lowest BCUT2D eigenvalue weighted by atomic mass is 10.1. The van der Waals surface area contributed by atoms with Gasteiger partial charge in [-0.3, -0.25) is 4.90 Å². The molecule has 0 unspecified atom stereocenters. The molecule has 0 aliphatic carbocycles. The highest BCUT2D eigenvalue weighted by molar-refractivity contribution is 7.80. The zero-order valence-corrected chi connectivity index (χ0v) is 12.1. The van der Waals surface area contributed by atoms with Crippen molar-refractivity contribution in [2.24, 2.45) is 5.73 Å². The number of nitrogens with one attached hydrogen (secondary N) is 1. The number of ether oxygens (including phenoxy) is 1. The maximum atomic E-state index is 5.76. The number of morpholine rings is 1. The van der Waals surface area contributed by atoms with Gasteiger partial charge in [0.15, 0.2) is 0 Å². The number of nitrogens with zero attached hydrogens (tertiary/aromatic N) is 1. The molecule has 0 saturated carbocycles. The summed E-state index contributed by atoms with van der Waals surface area (Å²) in [6.45, 7) is 7.63. The van der Waals surface area contributed by atoms with Crippen molar-refractivity contribution >= 4 is 22.9 Å². The van der Waals surface area contributed by atoms with Gasteiger partial charge in [-0.1, -0.05) is 23.8 Å². The Morgan fingerprint density at radius 3 is 2.84 bits per heavy atom. The van der Waals surface area contributed by atoms with Crippen LogP contribution in [0.25, 0.3) is 0 Å². The molecule has 1 fully saturated rings. The van der Waals surface area contributed by atoms with Crippen molar-refractivity contribution in [3.63, 3.8) is 0 Å². The Kier molecular flexibility index (Phi) is 5.13. The highest BCUT2D eigenvalue weighted by Crippen LogP contribution is 2.17. The summed E-state index contributed by atoms with van der Waals surface area (Å²) in [5, 5.41) is 3.42. The van der Waals surface area contributed by atoms with Crippen LogP contribution in [0.2, 0.25) is 0 Å². The van der Waals surface area contributed by atoms with Gasteiger partial charge in [0.1, 0.15) is 4.99 Å². The van der Waals surface area contributed by atoms with Crippen molar-refractivity contribution in [1.29, 1.82) is 0 Å². The summed E-state index contributed by atoms with van der Waals surface area (Å²) in [6.07, 6.45) is 0. The predicted octanol–water partition coefficient (Wildman–Crippen LogP) is 1.37. The van der Waals surface area contributed by atoms with Gasteiger partial charge in [0.05, 0.1) is 13.2 Å². The van der Waals surface area contributed by atoms with Crippen LogP contribution in [0.4, 0.5) is 5.69 Å². The summed E-state index contributed by atoms with van der Waals surface area (Å²) >= 11 is 5.10. The zero-order valence-electron chi connectivity index (χ0n) is 11.3. The minimum absolute atomic E-state index is 0.442. The van der Waals surface area contributed by atoms with E-state index in [-0.39, 0.29) is 0 Å². The van der Waals surface area contributed by atoms with Crippen molar-refractivity contribution in [2.75, 3.05) is 44.7 Å². The lowest BCUT2D eigenvalue weighted by Gasteiger charge is -2.26. The summed E-state index contributed by atoms with van der Waals surface area (Å²) in [4.78, 5) is 2.84. The molecule has 1 aromatic rings. The van der Waals surface area contributed by atoms with Gasteiger partial charge in [-0.15, -0.1) is 0 Å². The third kappa shape index (κ3) is 4.16. The third-order valence-electron chi connectivity index (χ3n) is 3.29. The van der Waals surface area contributed by atoms with Gasteiger partial charge in [0, 0.05) is 37.4 Å². The van der Waals surface area contributed by atoms with Gasteiger partial charge < -0.3 is 15.8 Å². The van der Waals surface area contributed by atoms with E-state index in [2.05, 4.69) is 16.3 Å². The van der Waals surface area contributed by atoms with E-state index in [1.54, 1.807) is 0 Å². The van der Waals surface area contributed by atoms with Crippen molar-refractivity contribution in [3.8, 4) is 0 Å². The van der Waals surface area contributed by atoms with Crippen molar-refractivity contribution in [3.05, 3.63) is 29.3 Å². The van der Waals surface area contributed by atoms with E-state index in [0.717, 1.165) is 50.6 Å². The number of aryl methyl sites for hydroxylation is 1. The van der Waals surface area contributed by atoms with Crippen LogP contribution in [-0.2, 0) is 4.74 Å². The van der Waals surface area contributed by atoms with Crippen LogP contribution in [0.15, 0.2) is 18.2 Å². The summed E-state index contributed by atoms with van der Waals surface area (Å²) in [5.74, 6) is 0. The van der Waals surface area contributed by atoms with Gasteiger partial charge in [0.2, 0.25) is 0 Å². The van der Waals surface area contributed by atoms with E-state index in [9.17, 15) is 0 Å². The lowest BCUT2D eigenvalue weighted by Crippen LogP contribution is -2.39. The molecule has 1 heterocycles. The van der Waals surface area contributed by atoms with Gasteiger partial charge in [-0.2, -0.15) is 0 Å². The summed E-state index contributed by atoms with van der Waals surface area (Å²) in [6, 6.07) is 6.14. The van der Waals surface area contributed by atoms with Crippen LogP contribution in [-0.4, -0.2) is 49.3 Å². The van der Waals surface area contributed by atoms with Crippen molar-refractivity contribution < 1.29 is 4.74 Å². The standard InChI is InChI=1S/C14H21N3OS/c1-11-2-3-13(12(10-11)14(15)19)16-4-5-17-6-8-18-9-7-17/h2-3,10,16H,4-9H2,1H3,(H2,15,19). The van der Waals surface area contributed by atoms with Crippen LogP contribution in [0.1, 0.15) is 11.1 Å². The Labute approximate surface area is 119 Å². The zero-order chi connectivity index (χ0) is 13.7. The third-order valence-corrected chi connectivity index (χ3v) is 3.51. The fourth-order valence-corrected chi connectivity index (χ4v) is 2.36. The van der Waals surface area contributed by atoms with E-state index in [1.165, 1.54) is 5.56 Å². The van der Waals surface area contributed by atoms with E-state index in [0.29, 0.717) is 4.99 Å². The molecule has 3 N–H and O–H groups in total. The Balaban J connectivity index is 1.89. The quantitative estimate of drug-likeness (QED) is 0.797. The molecule has 1 aliphatic rings. The van der Waals surface area contributed by atoms with Gasteiger partial charge in [0.25, 0.3) is 0 Å². The molecule has 0 radical (unpaired) electrons.